The van der Waals surface area contributed by atoms with E-state index in [1.807, 2.05) is 60.7 Å². The van der Waals surface area contributed by atoms with Gasteiger partial charge in [-0.05, 0) is 61.1 Å². The summed E-state index contributed by atoms with van der Waals surface area (Å²) >= 11 is 0. The number of carboxylic acid groups (broad SMARTS) is 5. The van der Waals surface area contributed by atoms with Crippen molar-refractivity contribution in [3.05, 3.63) is 108 Å². The van der Waals surface area contributed by atoms with E-state index in [9.17, 15) is 59.0 Å². The second-order valence-corrected chi connectivity index (χ2v) is 15.8. The monoisotopic (exact) mass is 827 g/mol. The van der Waals surface area contributed by atoms with Crippen LogP contribution in [0, 0.1) is 5.92 Å². The van der Waals surface area contributed by atoms with Crippen LogP contribution in [0.25, 0.3) is 0 Å². The first-order valence-electron chi connectivity index (χ1n) is 18.7. The molecule has 4 rings (SSSR count). The summed E-state index contributed by atoms with van der Waals surface area (Å²) in [7, 11) is -4.87. The molecule has 17 nitrogen and oxygen atoms in total. The Labute approximate surface area is 335 Å². The molecular formula is C40H50N3O14P. The Hall–Kier alpha value is -5.00. The molecular weight excluding hydrogens is 777 g/mol. The maximum atomic E-state index is 13.3. The molecule has 8 N–H and O–H groups in total. The maximum Gasteiger partial charge on any atom is 0.472 e. The second kappa shape index (κ2) is 21.7. The first kappa shape index (κ1) is 45.7. The Balaban J connectivity index is 1.47. The third-order valence-electron chi connectivity index (χ3n) is 10.1. The van der Waals surface area contributed by atoms with Gasteiger partial charge in [-0.15, -0.1) is 0 Å². The topological polar surface area (TPSA) is 270 Å². The molecule has 0 radical (unpaired) electrons. The van der Waals surface area contributed by atoms with E-state index in [2.05, 4.69) is 10.6 Å². The van der Waals surface area contributed by atoms with Crippen LogP contribution in [0.3, 0.4) is 0 Å². The number of phosphoric ester groups is 1. The maximum absolute atomic E-state index is 13.3. The molecule has 0 spiro atoms. The van der Waals surface area contributed by atoms with Gasteiger partial charge >= 0.3 is 37.7 Å². The predicted octanol–water partition coefficient (Wildman–Crippen LogP) is 3.31. The van der Waals surface area contributed by atoms with Crippen molar-refractivity contribution in [3.8, 4) is 0 Å². The van der Waals surface area contributed by atoms with Crippen molar-refractivity contribution < 1.29 is 68.0 Å². The summed E-state index contributed by atoms with van der Waals surface area (Å²) in [4.78, 5) is 71.2. The summed E-state index contributed by atoms with van der Waals surface area (Å²) < 4.78 is 24.2. The van der Waals surface area contributed by atoms with E-state index >= 15 is 0 Å². The molecule has 0 bridgehead atoms. The number of carboxylic acids is 5. The van der Waals surface area contributed by atoms with E-state index in [0.29, 0.717) is 25.7 Å². The molecule has 0 aromatic heterocycles. The summed E-state index contributed by atoms with van der Waals surface area (Å²) in [6.07, 6.45) is 0.955. The normalized spacial score (nSPS) is 16.9. The van der Waals surface area contributed by atoms with Crippen molar-refractivity contribution in [2.75, 3.05) is 32.8 Å². The van der Waals surface area contributed by atoms with Crippen LogP contribution in [0.2, 0.25) is 0 Å². The smallest absolute Gasteiger partial charge is 0.472 e. The number of nitrogens with zero attached hydrogens (tertiary/aromatic N) is 1. The SMILES string of the molecule is O=C(O)CN(CC(=O)O)CC(CNC(CC(COP(=O)(O)OC1CCC(c2ccccc2)(c2ccccc2)CC1)NC(C(=O)O)C(=O)O)C(=O)O)Cc1ccccc1. The van der Waals surface area contributed by atoms with Crippen molar-refractivity contribution >= 4 is 37.7 Å². The Morgan fingerprint density at radius 2 is 1.26 bits per heavy atom. The zero-order valence-corrected chi connectivity index (χ0v) is 32.6. The first-order chi connectivity index (χ1) is 27.6. The lowest BCUT2D eigenvalue weighted by atomic mass is 9.65. The van der Waals surface area contributed by atoms with Crippen LogP contribution in [0.4, 0.5) is 0 Å². The fourth-order valence-corrected chi connectivity index (χ4v) is 8.48. The van der Waals surface area contributed by atoms with Crippen molar-refractivity contribution in [2.24, 2.45) is 5.92 Å². The Morgan fingerprint density at radius 1 is 0.759 bits per heavy atom. The molecule has 3 aromatic rings. The number of phosphoric acid groups is 1. The number of hydrogen-bond donors (Lipinski definition) is 8. The van der Waals surface area contributed by atoms with Gasteiger partial charge in [-0.3, -0.25) is 33.6 Å². The zero-order chi connectivity index (χ0) is 42.3. The van der Waals surface area contributed by atoms with Crippen LogP contribution in [0.5, 0.6) is 0 Å². The molecule has 3 aromatic carbocycles. The first-order valence-corrected chi connectivity index (χ1v) is 20.2. The van der Waals surface area contributed by atoms with E-state index in [1.165, 1.54) is 4.90 Å². The van der Waals surface area contributed by atoms with Gasteiger partial charge in [-0.1, -0.05) is 91.0 Å². The van der Waals surface area contributed by atoms with E-state index in [-0.39, 0.29) is 24.9 Å². The fourth-order valence-electron chi connectivity index (χ4n) is 7.47. The standard InChI is InChI=1S/C40H50N3O14P/c44-34(45)24-43(25-35(46)47)23-28(20-27-10-4-1-5-11-27)22-41-33(37(48)49)21-31(42-36(38(50)51)39(52)53)26-56-58(54,55)57-32-16-18-40(19-17-32,29-12-6-2-7-13-29)30-14-8-3-9-15-30/h1-15,28,31-33,36,41-42H,16-26H2,(H,44,45)(H,46,47)(H,48,49)(H,50,51)(H,52,53)(H,54,55). The highest BCUT2D eigenvalue weighted by Gasteiger charge is 2.41. The average molecular weight is 828 g/mol. The van der Waals surface area contributed by atoms with Gasteiger partial charge < -0.3 is 35.7 Å². The van der Waals surface area contributed by atoms with Gasteiger partial charge in [0, 0.05) is 24.5 Å². The lowest BCUT2D eigenvalue weighted by Crippen LogP contribution is -2.53. The van der Waals surface area contributed by atoms with Crippen LogP contribution in [-0.2, 0) is 49.4 Å². The number of carbonyl (C=O) groups is 5. The highest BCUT2D eigenvalue weighted by molar-refractivity contribution is 7.47. The Bertz CT molecular complexity index is 1790. The molecule has 0 saturated heterocycles. The van der Waals surface area contributed by atoms with Crippen LogP contribution >= 0.6 is 7.82 Å². The molecule has 0 aliphatic heterocycles. The van der Waals surface area contributed by atoms with Gasteiger partial charge in [0.2, 0.25) is 6.04 Å². The van der Waals surface area contributed by atoms with Crippen molar-refractivity contribution in [3.63, 3.8) is 0 Å². The van der Waals surface area contributed by atoms with E-state index in [4.69, 9.17) is 9.05 Å². The predicted molar refractivity (Wildman–Crippen MR) is 208 cm³/mol. The average Bonchev–Trinajstić information content (AvgIpc) is 3.17. The lowest BCUT2D eigenvalue weighted by Gasteiger charge is -2.41. The number of benzene rings is 3. The number of hydrogen-bond acceptors (Lipinski definition) is 11. The van der Waals surface area contributed by atoms with Crippen LogP contribution in [0.15, 0.2) is 91.0 Å². The van der Waals surface area contributed by atoms with Gasteiger partial charge in [0.25, 0.3) is 0 Å². The fraction of sp³-hybridized carbons (Fsp3) is 0.425. The number of rotatable bonds is 25. The van der Waals surface area contributed by atoms with E-state index in [1.54, 1.807) is 30.3 Å². The molecule has 4 unspecified atom stereocenters. The molecule has 0 amide bonds. The molecule has 1 saturated carbocycles. The van der Waals surface area contributed by atoms with Crippen LogP contribution in [-0.4, -0.2) is 122 Å². The summed E-state index contributed by atoms with van der Waals surface area (Å²) in [5.74, 6) is -8.12. The summed E-state index contributed by atoms with van der Waals surface area (Å²) in [5.41, 5.74) is 2.61. The highest BCUT2D eigenvalue weighted by Crippen LogP contribution is 2.51. The highest BCUT2D eigenvalue weighted by atomic mass is 31.2. The van der Waals surface area contributed by atoms with Crippen LogP contribution < -0.4 is 10.6 Å². The minimum absolute atomic E-state index is 0.0677. The summed E-state index contributed by atoms with van der Waals surface area (Å²) in [6, 6.07) is 23.5. The quantitative estimate of drug-likeness (QED) is 0.0450. The zero-order valence-electron chi connectivity index (χ0n) is 31.7. The lowest BCUT2D eigenvalue weighted by molar-refractivity contribution is -0.151. The van der Waals surface area contributed by atoms with Gasteiger partial charge in [0.05, 0.1) is 25.8 Å². The van der Waals surface area contributed by atoms with Gasteiger partial charge in [-0.2, -0.15) is 0 Å². The molecule has 18 heteroatoms. The third kappa shape index (κ3) is 14.1. The molecule has 314 valence electrons. The Morgan fingerprint density at radius 3 is 1.72 bits per heavy atom. The second-order valence-electron chi connectivity index (χ2n) is 14.4. The van der Waals surface area contributed by atoms with E-state index < -0.39 is 93.9 Å². The minimum Gasteiger partial charge on any atom is -0.480 e. The van der Waals surface area contributed by atoms with Gasteiger partial charge in [0.15, 0.2) is 0 Å². The van der Waals surface area contributed by atoms with Crippen molar-refractivity contribution in [1.29, 1.82) is 0 Å². The Kier molecular flexibility index (Phi) is 17.1. The number of nitrogens with one attached hydrogen (secondary N) is 2. The van der Waals surface area contributed by atoms with Crippen molar-refractivity contribution in [2.45, 2.75) is 68.2 Å². The molecule has 1 fully saturated rings. The third-order valence-corrected chi connectivity index (χ3v) is 11.2. The largest absolute Gasteiger partial charge is 0.480 e. The summed E-state index contributed by atoms with van der Waals surface area (Å²) in [6.45, 7) is -2.19. The number of aliphatic carboxylic acids is 5. The summed E-state index contributed by atoms with van der Waals surface area (Å²) in [5, 5.41) is 53.2. The van der Waals surface area contributed by atoms with Gasteiger partial charge in [-0.25, -0.2) is 14.2 Å². The molecule has 1 aliphatic carbocycles. The molecule has 58 heavy (non-hydrogen) atoms. The van der Waals surface area contributed by atoms with Gasteiger partial charge in [0.1, 0.15) is 6.04 Å². The van der Waals surface area contributed by atoms with Crippen molar-refractivity contribution in [1.82, 2.24) is 15.5 Å². The minimum atomic E-state index is -4.87. The molecule has 1 aliphatic rings. The van der Waals surface area contributed by atoms with Crippen LogP contribution in [0.1, 0.15) is 48.8 Å². The molecule has 0 heterocycles. The van der Waals surface area contributed by atoms with E-state index in [0.717, 1.165) is 16.7 Å². The molecule has 4 atom stereocenters.